The minimum absolute atomic E-state index is 0.152. The summed E-state index contributed by atoms with van der Waals surface area (Å²) in [6, 6.07) is 0.819. The minimum Gasteiger partial charge on any atom is -0.393 e. The Bertz CT molecular complexity index is 466. The quantitative estimate of drug-likeness (QED) is 0.848. The summed E-state index contributed by atoms with van der Waals surface area (Å²) in [6.07, 6.45) is 3.83. The number of piperidine rings is 1. The Balaban J connectivity index is 1.99. The Morgan fingerprint density at radius 3 is 2.33 bits per heavy atom. The summed E-state index contributed by atoms with van der Waals surface area (Å²) >= 11 is 6.00. The highest BCUT2D eigenvalue weighted by Gasteiger charge is 2.41. The molecular formula is C13H18ClN3O. The number of halogens is 1. The van der Waals surface area contributed by atoms with Gasteiger partial charge in [0.2, 0.25) is 0 Å². The maximum atomic E-state index is 9.84. The van der Waals surface area contributed by atoms with Gasteiger partial charge in [-0.15, -0.1) is 10.2 Å². The molecule has 2 saturated heterocycles. The molecule has 0 aromatic carbocycles. The lowest BCUT2D eigenvalue weighted by atomic mass is 9.99. The lowest BCUT2D eigenvalue weighted by Crippen LogP contribution is -2.45. The molecule has 4 nitrogen and oxygen atoms in total. The molecular weight excluding hydrogens is 250 g/mol. The van der Waals surface area contributed by atoms with E-state index in [1.807, 2.05) is 6.92 Å². The molecule has 1 aromatic heterocycles. The Morgan fingerprint density at radius 1 is 1.11 bits per heavy atom. The van der Waals surface area contributed by atoms with E-state index >= 15 is 0 Å². The van der Waals surface area contributed by atoms with E-state index in [2.05, 4.69) is 22.0 Å². The van der Waals surface area contributed by atoms with Gasteiger partial charge in [0.1, 0.15) is 0 Å². The zero-order valence-electron chi connectivity index (χ0n) is 10.7. The zero-order chi connectivity index (χ0) is 12.9. The fraction of sp³-hybridized carbons (Fsp3) is 0.692. The summed E-state index contributed by atoms with van der Waals surface area (Å²) in [5, 5.41) is 18.7. The lowest BCUT2D eigenvalue weighted by molar-refractivity contribution is 0.126. The van der Waals surface area contributed by atoms with Crippen molar-refractivity contribution in [3.8, 4) is 0 Å². The number of aliphatic hydroxyl groups is 1. The first-order valence-corrected chi connectivity index (χ1v) is 6.91. The first-order chi connectivity index (χ1) is 8.58. The highest BCUT2D eigenvalue weighted by atomic mass is 35.5. The monoisotopic (exact) mass is 267 g/mol. The van der Waals surface area contributed by atoms with E-state index in [0.29, 0.717) is 17.2 Å². The molecule has 2 unspecified atom stereocenters. The molecule has 1 aromatic rings. The van der Waals surface area contributed by atoms with E-state index in [4.69, 9.17) is 11.6 Å². The SMILES string of the molecule is Cc1c(Cl)nnc(N2C3CCC2CC(O)C3)c1C. The summed E-state index contributed by atoms with van der Waals surface area (Å²) in [4.78, 5) is 2.36. The standard InChI is InChI=1S/C13H18ClN3O/c1-7-8(2)13(16-15-12(7)14)17-9-3-4-10(17)6-11(18)5-9/h9-11,18H,3-6H2,1-2H3. The first-order valence-electron chi connectivity index (χ1n) is 6.53. The van der Waals surface area contributed by atoms with Crippen molar-refractivity contribution in [2.75, 3.05) is 4.90 Å². The van der Waals surface area contributed by atoms with E-state index in [-0.39, 0.29) is 6.10 Å². The van der Waals surface area contributed by atoms with Crippen LogP contribution in [-0.4, -0.2) is 33.5 Å². The molecule has 2 atom stereocenters. The van der Waals surface area contributed by atoms with Crippen LogP contribution in [0.1, 0.15) is 36.8 Å². The van der Waals surface area contributed by atoms with Gasteiger partial charge < -0.3 is 10.0 Å². The smallest absolute Gasteiger partial charge is 0.155 e. The molecule has 18 heavy (non-hydrogen) atoms. The topological polar surface area (TPSA) is 49.2 Å². The van der Waals surface area contributed by atoms with E-state index in [9.17, 15) is 5.11 Å². The van der Waals surface area contributed by atoms with Crippen LogP contribution in [0.15, 0.2) is 0 Å². The second-order valence-corrected chi connectivity index (χ2v) is 5.84. The Kier molecular flexibility index (Phi) is 2.94. The molecule has 0 amide bonds. The third kappa shape index (κ3) is 1.79. The number of hydrogen-bond donors (Lipinski definition) is 1. The Hall–Kier alpha value is -0.870. The molecule has 5 heteroatoms. The van der Waals surface area contributed by atoms with Crippen LogP contribution in [0.2, 0.25) is 5.15 Å². The van der Waals surface area contributed by atoms with E-state index < -0.39 is 0 Å². The van der Waals surface area contributed by atoms with Crippen LogP contribution in [0.4, 0.5) is 5.82 Å². The molecule has 0 spiro atoms. The van der Waals surface area contributed by atoms with Crippen LogP contribution in [0.25, 0.3) is 0 Å². The molecule has 3 rings (SSSR count). The number of hydrogen-bond acceptors (Lipinski definition) is 4. The molecule has 2 bridgehead atoms. The number of fused-ring (bicyclic) bond motifs is 2. The van der Waals surface area contributed by atoms with E-state index in [1.165, 1.54) is 0 Å². The summed E-state index contributed by atoms with van der Waals surface area (Å²) in [5.74, 6) is 0.955. The molecule has 1 N–H and O–H groups in total. The normalized spacial score (nSPS) is 30.9. The Labute approximate surface area is 112 Å². The van der Waals surface area contributed by atoms with Gasteiger partial charge in [0.25, 0.3) is 0 Å². The predicted octanol–water partition coefficient (Wildman–Crippen LogP) is 2.24. The van der Waals surface area contributed by atoms with Gasteiger partial charge in [-0.25, -0.2) is 0 Å². The van der Waals surface area contributed by atoms with Crippen LogP contribution < -0.4 is 4.90 Å². The average molecular weight is 268 g/mol. The first kappa shape index (κ1) is 12.2. The summed E-state index contributed by atoms with van der Waals surface area (Å²) < 4.78 is 0. The van der Waals surface area contributed by atoms with Gasteiger partial charge in [-0.1, -0.05) is 11.6 Å². The number of aromatic nitrogens is 2. The highest BCUT2D eigenvalue weighted by Crippen LogP contribution is 2.40. The molecule has 0 radical (unpaired) electrons. The van der Waals surface area contributed by atoms with Crippen molar-refractivity contribution < 1.29 is 5.11 Å². The molecule has 0 aliphatic carbocycles. The van der Waals surface area contributed by atoms with Crippen LogP contribution in [-0.2, 0) is 0 Å². The average Bonchev–Trinajstić information content (AvgIpc) is 2.59. The van der Waals surface area contributed by atoms with Crippen LogP contribution in [0.3, 0.4) is 0 Å². The molecule has 2 aliphatic rings. The van der Waals surface area contributed by atoms with Gasteiger partial charge >= 0.3 is 0 Å². The minimum atomic E-state index is -0.152. The van der Waals surface area contributed by atoms with Gasteiger partial charge in [-0.2, -0.15) is 0 Å². The third-order valence-electron chi connectivity index (χ3n) is 4.39. The maximum absolute atomic E-state index is 9.84. The van der Waals surface area contributed by atoms with Crippen molar-refractivity contribution in [2.24, 2.45) is 0 Å². The van der Waals surface area contributed by atoms with E-state index in [0.717, 1.165) is 42.6 Å². The number of anilines is 1. The molecule has 3 heterocycles. The van der Waals surface area contributed by atoms with Gasteiger partial charge in [-0.3, -0.25) is 0 Å². The van der Waals surface area contributed by atoms with Crippen LogP contribution in [0.5, 0.6) is 0 Å². The second-order valence-electron chi connectivity index (χ2n) is 5.48. The van der Waals surface area contributed by atoms with Crippen LogP contribution in [0, 0.1) is 13.8 Å². The van der Waals surface area contributed by atoms with Crippen molar-refractivity contribution in [3.05, 3.63) is 16.3 Å². The summed E-state index contributed by atoms with van der Waals surface area (Å²) in [5.41, 5.74) is 2.12. The predicted molar refractivity (Wildman–Crippen MR) is 71.0 cm³/mol. The summed E-state index contributed by atoms with van der Waals surface area (Å²) in [7, 11) is 0. The maximum Gasteiger partial charge on any atom is 0.155 e. The zero-order valence-corrected chi connectivity index (χ0v) is 11.5. The van der Waals surface area contributed by atoms with Gasteiger partial charge in [0.05, 0.1) is 6.10 Å². The molecule has 98 valence electrons. The fourth-order valence-electron chi connectivity index (χ4n) is 3.30. The van der Waals surface area contributed by atoms with Crippen molar-refractivity contribution in [2.45, 2.75) is 57.7 Å². The number of rotatable bonds is 1. The molecule has 0 saturated carbocycles. The summed E-state index contributed by atoms with van der Waals surface area (Å²) in [6.45, 7) is 4.03. The third-order valence-corrected chi connectivity index (χ3v) is 4.75. The van der Waals surface area contributed by atoms with E-state index in [1.54, 1.807) is 0 Å². The molecule has 2 aliphatic heterocycles. The van der Waals surface area contributed by atoms with Gasteiger partial charge in [-0.05, 0) is 50.7 Å². The fourth-order valence-corrected chi connectivity index (χ4v) is 3.48. The van der Waals surface area contributed by atoms with Gasteiger partial charge in [0.15, 0.2) is 11.0 Å². The number of aliphatic hydroxyl groups excluding tert-OH is 1. The molecule has 2 fully saturated rings. The van der Waals surface area contributed by atoms with Crippen molar-refractivity contribution >= 4 is 17.4 Å². The van der Waals surface area contributed by atoms with Crippen molar-refractivity contribution in [1.29, 1.82) is 0 Å². The second kappa shape index (κ2) is 4.35. The van der Waals surface area contributed by atoms with Crippen molar-refractivity contribution in [1.82, 2.24) is 10.2 Å². The lowest BCUT2D eigenvalue weighted by Gasteiger charge is -2.38. The number of nitrogens with zero attached hydrogens (tertiary/aromatic N) is 3. The Morgan fingerprint density at radius 2 is 1.72 bits per heavy atom. The van der Waals surface area contributed by atoms with Gasteiger partial charge in [0, 0.05) is 12.1 Å². The largest absolute Gasteiger partial charge is 0.393 e. The van der Waals surface area contributed by atoms with Crippen LogP contribution >= 0.6 is 11.6 Å². The highest BCUT2D eigenvalue weighted by molar-refractivity contribution is 6.30. The van der Waals surface area contributed by atoms with Crippen molar-refractivity contribution in [3.63, 3.8) is 0 Å².